The quantitative estimate of drug-likeness (QED) is 0.821. The van der Waals surface area contributed by atoms with Crippen LogP contribution in [0.1, 0.15) is 19.3 Å². The zero-order chi connectivity index (χ0) is 10.7. The summed E-state index contributed by atoms with van der Waals surface area (Å²) < 4.78 is 4.24. The molecule has 1 aromatic carbocycles. The van der Waals surface area contributed by atoms with Gasteiger partial charge in [-0.1, -0.05) is 0 Å². The molecule has 0 radical (unpaired) electrons. The minimum atomic E-state index is 0.249. The number of anilines is 1. The SMILES string of the molecule is O=C1CCCCN1c1ccc([N]=[Pr+])cc1. The van der Waals surface area contributed by atoms with Crippen LogP contribution in [0.2, 0.25) is 0 Å². The Morgan fingerprint density at radius 3 is 2.53 bits per heavy atom. The van der Waals surface area contributed by atoms with E-state index in [9.17, 15) is 4.79 Å². The summed E-state index contributed by atoms with van der Waals surface area (Å²) in [7, 11) is 0. The number of rotatable bonds is 2. The molecular weight excluding hydrogens is 317 g/mol. The number of amides is 1. The molecule has 0 saturated carbocycles. The molecule has 1 aliphatic rings. The fraction of sp³-hybridized carbons (Fsp3) is 0.364. The molecule has 1 saturated heterocycles. The Morgan fingerprint density at radius 2 is 1.93 bits per heavy atom. The fourth-order valence-corrected chi connectivity index (χ4v) is 2.35. The van der Waals surface area contributed by atoms with Crippen molar-refractivity contribution in [2.75, 3.05) is 11.4 Å². The van der Waals surface area contributed by atoms with Gasteiger partial charge < -0.3 is 0 Å². The topological polar surface area (TPSA) is 32.7 Å². The van der Waals surface area contributed by atoms with E-state index >= 15 is 0 Å². The third-order valence-corrected chi connectivity index (χ3v) is 3.59. The summed E-state index contributed by atoms with van der Waals surface area (Å²) in [5, 5.41) is 0. The predicted octanol–water partition coefficient (Wildman–Crippen LogP) is 2.57. The summed E-state index contributed by atoms with van der Waals surface area (Å²) in [6.45, 7) is 0.859. The molecule has 0 aromatic heterocycles. The van der Waals surface area contributed by atoms with E-state index in [-0.39, 0.29) is 5.91 Å². The molecule has 74 valence electrons. The van der Waals surface area contributed by atoms with Gasteiger partial charge in [0.05, 0.1) is 0 Å². The van der Waals surface area contributed by atoms with Crippen molar-refractivity contribution in [2.24, 2.45) is 0.937 Å². The van der Waals surface area contributed by atoms with Gasteiger partial charge in [0, 0.05) is 0 Å². The number of benzene rings is 1. The van der Waals surface area contributed by atoms with Crippen molar-refractivity contribution < 1.29 is 43.9 Å². The molecule has 1 amide bonds. The number of piperidine rings is 1. The molecule has 2 rings (SSSR count). The standard InChI is InChI=1S/C11H12N2O.Pr/c12-9-4-6-10(7-5-9)13-8-2-1-3-11(13)14;/h4-7H,1-3,8H2;/q;+1. The van der Waals surface area contributed by atoms with E-state index in [1.165, 1.54) is 0 Å². The first-order chi connectivity index (χ1) is 7.31. The van der Waals surface area contributed by atoms with Crippen molar-refractivity contribution >= 4 is 17.3 Å². The molecule has 0 N–H and O–H groups in total. The minimum absolute atomic E-state index is 0.249. The van der Waals surface area contributed by atoms with E-state index in [0.717, 1.165) is 30.8 Å². The Bertz CT molecular complexity index is 375. The monoisotopic (exact) mass is 329 g/mol. The van der Waals surface area contributed by atoms with Gasteiger partial charge in [-0.05, 0) is 0 Å². The van der Waals surface area contributed by atoms with E-state index in [2.05, 4.69) is 0.937 Å². The van der Waals surface area contributed by atoms with Crippen molar-refractivity contribution in [3.63, 3.8) is 0 Å². The Kier molecular flexibility index (Phi) is 3.98. The first-order valence-corrected chi connectivity index (χ1v) is 6.78. The van der Waals surface area contributed by atoms with Crippen LogP contribution in [0.4, 0.5) is 11.4 Å². The molecule has 0 atom stereocenters. The summed E-state index contributed by atoms with van der Waals surface area (Å²) in [5.74, 6) is 0.249. The van der Waals surface area contributed by atoms with Crippen LogP contribution < -0.4 is 4.90 Å². The van der Waals surface area contributed by atoms with Crippen LogP contribution in [0, 0.1) is 39.1 Å². The molecule has 0 spiro atoms. The van der Waals surface area contributed by atoms with Gasteiger partial charge in [-0.2, -0.15) is 0 Å². The second kappa shape index (κ2) is 5.26. The van der Waals surface area contributed by atoms with Crippen molar-refractivity contribution in [2.45, 2.75) is 19.3 Å². The summed E-state index contributed by atoms with van der Waals surface area (Å²) in [5.41, 5.74) is 2.03. The van der Waals surface area contributed by atoms with Crippen LogP contribution >= 0.6 is 0 Å². The Hall–Kier alpha value is -0.146. The second-order valence-electron chi connectivity index (χ2n) is 3.65. The van der Waals surface area contributed by atoms with Gasteiger partial charge in [-0.15, -0.1) is 0 Å². The third kappa shape index (κ3) is 2.70. The maximum absolute atomic E-state index is 11.7. The fourth-order valence-electron chi connectivity index (χ4n) is 1.80. The Labute approximate surface area is 116 Å². The van der Waals surface area contributed by atoms with Crippen molar-refractivity contribution in [3.8, 4) is 0 Å². The third-order valence-electron chi connectivity index (χ3n) is 2.63. The molecule has 0 bridgehead atoms. The van der Waals surface area contributed by atoms with Crippen LogP contribution in [0.15, 0.2) is 25.2 Å². The van der Waals surface area contributed by atoms with Crippen molar-refractivity contribution in [3.05, 3.63) is 24.3 Å². The van der Waals surface area contributed by atoms with Gasteiger partial charge in [0.15, 0.2) is 0 Å². The summed E-state index contributed by atoms with van der Waals surface area (Å²) in [6, 6.07) is 7.95. The first kappa shape index (κ1) is 11.3. The average molecular weight is 329 g/mol. The molecule has 1 heterocycles. The number of hydrogen-bond acceptors (Lipinski definition) is 2. The second-order valence-corrected chi connectivity index (χ2v) is 4.48. The van der Waals surface area contributed by atoms with Crippen LogP contribution in [0.3, 0.4) is 0 Å². The average Bonchev–Trinajstić information content (AvgIpc) is 2.30. The van der Waals surface area contributed by atoms with E-state index in [0.29, 0.717) is 45.5 Å². The van der Waals surface area contributed by atoms with Gasteiger partial charge in [-0.3, -0.25) is 0 Å². The molecule has 1 fully saturated rings. The number of carbonyl (C=O) groups excluding carboxylic acids is 1. The summed E-state index contributed by atoms with van der Waals surface area (Å²) in [6.07, 6.45) is 2.83. The van der Waals surface area contributed by atoms with Gasteiger partial charge in [0.1, 0.15) is 0 Å². The van der Waals surface area contributed by atoms with Crippen molar-refractivity contribution in [1.82, 2.24) is 0 Å². The Morgan fingerprint density at radius 1 is 1.20 bits per heavy atom. The normalized spacial score (nSPS) is 16.7. The van der Waals surface area contributed by atoms with Gasteiger partial charge in [-0.25, -0.2) is 0 Å². The van der Waals surface area contributed by atoms with Gasteiger partial charge in [0.2, 0.25) is 0 Å². The van der Waals surface area contributed by atoms with Crippen LogP contribution in [0.25, 0.3) is 0 Å². The van der Waals surface area contributed by atoms with E-state index in [1.54, 1.807) is 0 Å². The number of nitrogens with zero attached hydrogens (tertiary/aromatic N) is 2. The first-order valence-electron chi connectivity index (χ1n) is 5.12. The molecule has 1 aromatic rings. The molecule has 4 heteroatoms. The molecule has 1 aliphatic heterocycles. The molecule has 0 unspecified atom stereocenters. The zero-order valence-corrected chi connectivity index (χ0v) is 12.2. The zero-order valence-electron chi connectivity index (χ0n) is 8.52. The van der Waals surface area contributed by atoms with Crippen molar-refractivity contribution in [1.29, 1.82) is 0 Å². The van der Waals surface area contributed by atoms with E-state index in [1.807, 2.05) is 29.2 Å². The van der Waals surface area contributed by atoms with Gasteiger partial charge >= 0.3 is 117 Å². The van der Waals surface area contributed by atoms with Crippen LogP contribution in [-0.2, 0) is 4.79 Å². The molecular formula is C11H12N2OPr+. The van der Waals surface area contributed by atoms with Crippen LogP contribution in [0.5, 0.6) is 0 Å². The van der Waals surface area contributed by atoms with Gasteiger partial charge in [0.25, 0.3) is 0 Å². The number of hydrogen-bond donors (Lipinski definition) is 0. The predicted molar refractivity (Wildman–Crippen MR) is 54.7 cm³/mol. The molecule has 0 aliphatic carbocycles. The van der Waals surface area contributed by atoms with E-state index in [4.69, 9.17) is 0 Å². The number of carbonyl (C=O) groups is 1. The maximum atomic E-state index is 11.7. The molecule has 3 nitrogen and oxygen atoms in total. The summed E-state index contributed by atoms with van der Waals surface area (Å²) >= 11 is 0.637. The van der Waals surface area contributed by atoms with Crippen LogP contribution in [-0.4, -0.2) is 12.5 Å². The summed E-state index contributed by atoms with van der Waals surface area (Å²) in [4.78, 5) is 13.5. The Balaban J connectivity index is 2.20. The van der Waals surface area contributed by atoms with E-state index < -0.39 is 0 Å². The molecule has 15 heavy (non-hydrogen) atoms.